The van der Waals surface area contributed by atoms with E-state index >= 15 is 0 Å². The summed E-state index contributed by atoms with van der Waals surface area (Å²) < 4.78 is 44.8. The van der Waals surface area contributed by atoms with Gasteiger partial charge in [-0.25, -0.2) is 12.8 Å². The van der Waals surface area contributed by atoms with Crippen molar-refractivity contribution in [2.75, 3.05) is 26.2 Å². The normalized spacial score (nSPS) is 14.4. The molecule has 1 aliphatic heterocycles. The van der Waals surface area contributed by atoms with Gasteiger partial charge in [0.15, 0.2) is 15.6 Å². The fraction of sp³-hybridized carbons (Fsp3) is 0.217. The molecule has 0 aliphatic carbocycles. The van der Waals surface area contributed by atoms with Crippen LogP contribution in [0.1, 0.15) is 26.5 Å². The van der Waals surface area contributed by atoms with E-state index in [9.17, 15) is 22.4 Å². The van der Waals surface area contributed by atoms with Gasteiger partial charge in [0.1, 0.15) is 5.82 Å². The summed E-state index contributed by atoms with van der Waals surface area (Å²) in [5.74, 6) is -2.05. The zero-order valence-corrected chi connectivity index (χ0v) is 19.0. The third-order valence-electron chi connectivity index (χ3n) is 5.40. The van der Waals surface area contributed by atoms with E-state index in [1.165, 1.54) is 46.4 Å². The third-order valence-corrected chi connectivity index (χ3v) is 7.32. The van der Waals surface area contributed by atoms with Crippen LogP contribution in [0.2, 0.25) is 5.02 Å². The van der Waals surface area contributed by atoms with Gasteiger partial charge in [-0.1, -0.05) is 29.8 Å². The van der Waals surface area contributed by atoms with E-state index in [-0.39, 0.29) is 58.7 Å². The van der Waals surface area contributed by atoms with Gasteiger partial charge in [0.2, 0.25) is 0 Å². The summed E-state index contributed by atoms with van der Waals surface area (Å²) >= 11 is 5.88. The van der Waals surface area contributed by atoms with Crippen LogP contribution in [0, 0.1) is 5.82 Å². The monoisotopic (exact) mass is 490 g/mol. The molecule has 172 valence electrons. The van der Waals surface area contributed by atoms with E-state index < -0.39 is 27.5 Å². The van der Waals surface area contributed by atoms with E-state index in [1.807, 2.05) is 0 Å². The van der Waals surface area contributed by atoms with Crippen molar-refractivity contribution in [3.63, 3.8) is 0 Å². The summed E-state index contributed by atoms with van der Waals surface area (Å²) in [5.41, 5.74) is 0.144. The van der Waals surface area contributed by atoms with Crippen LogP contribution in [0.25, 0.3) is 0 Å². The third kappa shape index (κ3) is 4.94. The molecule has 3 aromatic rings. The zero-order chi connectivity index (χ0) is 23.6. The number of carbonyl (C=O) groups excluding carboxylic acids is 2. The molecule has 2 aromatic carbocycles. The molecule has 4 rings (SSSR count). The van der Waals surface area contributed by atoms with Gasteiger partial charge in [-0.05, 0) is 36.4 Å². The van der Waals surface area contributed by atoms with E-state index in [0.717, 1.165) is 6.07 Å². The van der Waals surface area contributed by atoms with Crippen LogP contribution in [0.3, 0.4) is 0 Å². The Labute approximate surface area is 195 Å². The number of piperazine rings is 1. The predicted octanol–water partition coefficient (Wildman–Crippen LogP) is 3.64. The molecule has 1 aliphatic rings. The maximum Gasteiger partial charge on any atom is 0.289 e. The Morgan fingerprint density at radius 2 is 1.58 bits per heavy atom. The minimum absolute atomic E-state index is 0.0461. The van der Waals surface area contributed by atoms with Crippen molar-refractivity contribution in [2.24, 2.45) is 0 Å². The Morgan fingerprint density at radius 3 is 2.24 bits per heavy atom. The number of benzene rings is 2. The van der Waals surface area contributed by atoms with Gasteiger partial charge in [-0.2, -0.15) is 0 Å². The maximum absolute atomic E-state index is 14.0. The maximum atomic E-state index is 14.0. The molecule has 0 bridgehead atoms. The molecule has 0 spiro atoms. The number of furan rings is 1. The smallest absolute Gasteiger partial charge is 0.289 e. The van der Waals surface area contributed by atoms with Crippen molar-refractivity contribution in [1.29, 1.82) is 0 Å². The lowest BCUT2D eigenvalue weighted by molar-refractivity contribution is 0.0515. The van der Waals surface area contributed by atoms with Gasteiger partial charge in [-0.3, -0.25) is 9.59 Å². The Hall–Kier alpha value is -3.17. The fourth-order valence-corrected chi connectivity index (χ4v) is 5.19. The van der Waals surface area contributed by atoms with Crippen molar-refractivity contribution in [1.82, 2.24) is 9.80 Å². The van der Waals surface area contributed by atoms with Crippen molar-refractivity contribution in [3.8, 4) is 0 Å². The molecule has 0 radical (unpaired) electrons. The first kappa shape index (κ1) is 23.0. The summed E-state index contributed by atoms with van der Waals surface area (Å²) in [6.45, 7) is 0.764. The molecule has 2 heterocycles. The molecule has 7 nitrogen and oxygen atoms in total. The average molecular weight is 491 g/mol. The SMILES string of the molecule is O=C(c1cc(Cl)ccc1F)N1CCN(C(=O)c2occc2CS(=O)(=O)c2ccccc2)CC1. The quantitative estimate of drug-likeness (QED) is 0.545. The number of rotatable bonds is 5. The van der Waals surface area contributed by atoms with E-state index in [1.54, 1.807) is 18.2 Å². The summed E-state index contributed by atoms with van der Waals surface area (Å²) in [5, 5.41) is 0.254. The first-order valence-corrected chi connectivity index (χ1v) is 12.2. The number of hydrogen-bond acceptors (Lipinski definition) is 5. The van der Waals surface area contributed by atoms with Crippen molar-refractivity contribution in [3.05, 3.63) is 88.6 Å². The number of sulfone groups is 1. The molecule has 0 atom stereocenters. The van der Waals surface area contributed by atoms with Crippen LogP contribution in [0.15, 0.2) is 70.2 Å². The van der Waals surface area contributed by atoms with Crippen LogP contribution in [-0.4, -0.2) is 56.2 Å². The highest BCUT2D eigenvalue weighted by atomic mass is 35.5. The number of nitrogens with zero attached hydrogens (tertiary/aromatic N) is 2. The molecule has 1 saturated heterocycles. The largest absolute Gasteiger partial charge is 0.459 e. The molecule has 0 N–H and O–H groups in total. The van der Waals surface area contributed by atoms with Crippen LogP contribution in [0.4, 0.5) is 4.39 Å². The van der Waals surface area contributed by atoms with Crippen molar-refractivity contribution in [2.45, 2.75) is 10.6 Å². The average Bonchev–Trinajstić information content (AvgIpc) is 3.27. The van der Waals surface area contributed by atoms with Gasteiger partial charge in [0.25, 0.3) is 11.8 Å². The van der Waals surface area contributed by atoms with Gasteiger partial charge >= 0.3 is 0 Å². The fourth-order valence-electron chi connectivity index (χ4n) is 3.64. The second kappa shape index (κ2) is 9.36. The van der Waals surface area contributed by atoms with E-state index in [0.29, 0.717) is 0 Å². The minimum atomic E-state index is -3.66. The van der Waals surface area contributed by atoms with Gasteiger partial charge in [-0.15, -0.1) is 0 Å². The second-order valence-electron chi connectivity index (χ2n) is 7.56. The van der Waals surface area contributed by atoms with E-state index in [2.05, 4.69) is 0 Å². The number of amides is 2. The van der Waals surface area contributed by atoms with Crippen LogP contribution >= 0.6 is 11.6 Å². The first-order chi connectivity index (χ1) is 15.8. The highest BCUT2D eigenvalue weighted by Gasteiger charge is 2.30. The molecule has 1 fully saturated rings. The summed E-state index contributed by atoms with van der Waals surface area (Å²) in [6, 6.07) is 13.2. The Kier molecular flexibility index (Phi) is 6.53. The minimum Gasteiger partial charge on any atom is -0.459 e. The highest BCUT2D eigenvalue weighted by Crippen LogP contribution is 2.22. The lowest BCUT2D eigenvalue weighted by atomic mass is 10.1. The van der Waals surface area contributed by atoms with Gasteiger partial charge in [0, 0.05) is 36.8 Å². The molecule has 2 amide bonds. The number of carbonyl (C=O) groups is 2. The van der Waals surface area contributed by atoms with Crippen LogP contribution < -0.4 is 0 Å². The summed E-state index contributed by atoms with van der Waals surface area (Å²) in [4.78, 5) is 28.8. The van der Waals surface area contributed by atoms with E-state index in [4.69, 9.17) is 16.0 Å². The Bertz CT molecular complexity index is 1290. The van der Waals surface area contributed by atoms with Crippen LogP contribution in [-0.2, 0) is 15.6 Å². The Balaban J connectivity index is 1.43. The molecule has 10 heteroatoms. The van der Waals surface area contributed by atoms with Crippen molar-refractivity contribution >= 4 is 33.3 Å². The lowest BCUT2D eigenvalue weighted by Crippen LogP contribution is -2.50. The van der Waals surface area contributed by atoms with Gasteiger partial charge < -0.3 is 14.2 Å². The molecule has 0 saturated carbocycles. The molecular formula is C23H20ClFN2O5S. The first-order valence-electron chi connectivity index (χ1n) is 10.1. The molecule has 33 heavy (non-hydrogen) atoms. The standard InChI is InChI=1S/C23H20ClFN2O5S/c24-17-6-7-20(25)19(14-17)22(28)26-9-11-27(12-10-26)23(29)21-16(8-13-32-21)15-33(30,31)18-4-2-1-3-5-18/h1-8,13-14H,9-12,15H2. The highest BCUT2D eigenvalue weighted by molar-refractivity contribution is 7.90. The number of hydrogen-bond donors (Lipinski definition) is 0. The summed E-state index contributed by atoms with van der Waals surface area (Å²) in [7, 11) is -3.66. The predicted molar refractivity (Wildman–Crippen MR) is 119 cm³/mol. The lowest BCUT2D eigenvalue weighted by Gasteiger charge is -2.34. The van der Waals surface area contributed by atoms with Gasteiger partial charge in [0.05, 0.1) is 22.5 Å². The zero-order valence-electron chi connectivity index (χ0n) is 17.4. The number of halogens is 2. The Morgan fingerprint density at radius 1 is 0.939 bits per heavy atom. The topological polar surface area (TPSA) is 87.9 Å². The molecule has 1 aromatic heterocycles. The second-order valence-corrected chi connectivity index (χ2v) is 9.98. The molecular weight excluding hydrogens is 471 g/mol. The van der Waals surface area contributed by atoms with Crippen LogP contribution in [0.5, 0.6) is 0 Å². The molecule has 0 unspecified atom stereocenters. The summed E-state index contributed by atoms with van der Waals surface area (Å²) in [6.07, 6.45) is 1.28. The van der Waals surface area contributed by atoms with Crippen molar-refractivity contribution < 1.29 is 26.8 Å².